The van der Waals surface area contributed by atoms with Gasteiger partial charge in [0.2, 0.25) is 0 Å². The lowest BCUT2D eigenvalue weighted by Gasteiger charge is -2.28. The smallest absolute Gasteiger partial charge is 0.0519 e. The molecule has 1 N–H and O–H groups in total. The quantitative estimate of drug-likeness (QED) is 0.635. The largest absolute Gasteiger partial charge is 0.377 e. The second-order valence-electron chi connectivity index (χ2n) is 6.50. The first-order chi connectivity index (χ1) is 9.85. The van der Waals surface area contributed by atoms with Gasteiger partial charge >= 0.3 is 0 Å². The third-order valence-corrected chi connectivity index (χ3v) is 4.17. The standard InChI is InChI=1S/C18H21BrClN/c1-18(2,3)12-17(13-7-5-4-6-8-13)21-16-10-9-14(20)11-15(16)19/h4-11,17,21H,12H2,1-3H3. The van der Waals surface area contributed by atoms with E-state index < -0.39 is 0 Å². The van der Waals surface area contributed by atoms with E-state index in [0.717, 1.165) is 21.6 Å². The Bertz CT molecular complexity index is 590. The highest BCUT2D eigenvalue weighted by molar-refractivity contribution is 9.10. The van der Waals surface area contributed by atoms with Gasteiger partial charge in [-0.15, -0.1) is 0 Å². The molecule has 0 amide bonds. The molecule has 0 heterocycles. The number of hydrogen-bond donors (Lipinski definition) is 1. The highest BCUT2D eigenvalue weighted by atomic mass is 79.9. The first-order valence-electron chi connectivity index (χ1n) is 7.12. The van der Waals surface area contributed by atoms with Crippen LogP contribution in [0.1, 0.15) is 38.8 Å². The maximum atomic E-state index is 6.02. The van der Waals surface area contributed by atoms with Crippen molar-refractivity contribution in [3.05, 3.63) is 63.6 Å². The van der Waals surface area contributed by atoms with Crippen molar-refractivity contribution in [3.8, 4) is 0 Å². The van der Waals surface area contributed by atoms with E-state index in [1.54, 1.807) is 0 Å². The molecule has 2 aromatic rings. The lowest BCUT2D eigenvalue weighted by molar-refractivity contribution is 0.352. The Labute approximate surface area is 140 Å². The lowest BCUT2D eigenvalue weighted by Crippen LogP contribution is -2.18. The number of rotatable bonds is 4. The van der Waals surface area contributed by atoms with Crippen LogP contribution < -0.4 is 5.32 Å². The average molecular weight is 367 g/mol. The van der Waals surface area contributed by atoms with Crippen molar-refractivity contribution in [2.45, 2.75) is 33.2 Å². The maximum absolute atomic E-state index is 6.02. The zero-order valence-electron chi connectivity index (χ0n) is 12.7. The van der Waals surface area contributed by atoms with Crippen molar-refractivity contribution in [3.63, 3.8) is 0 Å². The molecule has 0 aromatic heterocycles. The molecule has 0 saturated heterocycles. The summed E-state index contributed by atoms with van der Waals surface area (Å²) < 4.78 is 0.991. The monoisotopic (exact) mass is 365 g/mol. The van der Waals surface area contributed by atoms with Gasteiger partial charge in [0.25, 0.3) is 0 Å². The SMILES string of the molecule is CC(C)(C)CC(Nc1ccc(Cl)cc1Br)c1ccccc1. The summed E-state index contributed by atoms with van der Waals surface area (Å²) in [5, 5.41) is 4.38. The maximum Gasteiger partial charge on any atom is 0.0519 e. The summed E-state index contributed by atoms with van der Waals surface area (Å²) in [5.74, 6) is 0. The fraction of sp³-hybridized carbons (Fsp3) is 0.333. The van der Waals surface area contributed by atoms with Crippen molar-refractivity contribution < 1.29 is 0 Å². The molecule has 2 rings (SSSR count). The Morgan fingerprint density at radius 2 is 1.76 bits per heavy atom. The fourth-order valence-corrected chi connectivity index (χ4v) is 3.14. The summed E-state index contributed by atoms with van der Waals surface area (Å²) in [5.41, 5.74) is 2.61. The number of halogens is 2. The highest BCUT2D eigenvalue weighted by Gasteiger charge is 2.20. The second kappa shape index (κ2) is 6.85. The summed E-state index contributed by atoms with van der Waals surface area (Å²) in [6, 6.07) is 16.7. The Kier molecular flexibility index (Phi) is 5.34. The van der Waals surface area contributed by atoms with E-state index in [1.807, 2.05) is 18.2 Å². The van der Waals surface area contributed by atoms with Crippen LogP contribution in [-0.2, 0) is 0 Å². The molecule has 0 aliphatic carbocycles. The van der Waals surface area contributed by atoms with E-state index in [9.17, 15) is 0 Å². The summed E-state index contributed by atoms with van der Waals surface area (Å²) in [6.45, 7) is 6.80. The van der Waals surface area contributed by atoms with Crippen LogP contribution in [0.2, 0.25) is 5.02 Å². The number of anilines is 1. The van der Waals surface area contributed by atoms with Gasteiger partial charge in [0.05, 0.1) is 6.04 Å². The normalized spacial score (nSPS) is 13.0. The minimum atomic E-state index is 0.242. The zero-order chi connectivity index (χ0) is 15.5. The summed E-state index contributed by atoms with van der Waals surface area (Å²) in [6.07, 6.45) is 1.05. The van der Waals surface area contributed by atoms with E-state index in [1.165, 1.54) is 5.56 Å². The van der Waals surface area contributed by atoms with Crippen molar-refractivity contribution >= 4 is 33.2 Å². The molecule has 0 aliphatic heterocycles. The van der Waals surface area contributed by atoms with Crippen LogP contribution in [0.4, 0.5) is 5.69 Å². The van der Waals surface area contributed by atoms with E-state index >= 15 is 0 Å². The van der Waals surface area contributed by atoms with Crippen molar-refractivity contribution in [1.29, 1.82) is 0 Å². The number of benzene rings is 2. The molecule has 21 heavy (non-hydrogen) atoms. The molecule has 1 unspecified atom stereocenters. The summed E-state index contributed by atoms with van der Waals surface area (Å²) in [7, 11) is 0. The molecular formula is C18H21BrClN. The van der Waals surface area contributed by atoms with E-state index in [4.69, 9.17) is 11.6 Å². The van der Waals surface area contributed by atoms with E-state index in [0.29, 0.717) is 0 Å². The molecule has 0 bridgehead atoms. The van der Waals surface area contributed by atoms with Gasteiger partial charge in [0.15, 0.2) is 0 Å². The van der Waals surface area contributed by atoms with Crippen LogP contribution >= 0.6 is 27.5 Å². The lowest BCUT2D eigenvalue weighted by atomic mass is 9.85. The first kappa shape index (κ1) is 16.4. The zero-order valence-corrected chi connectivity index (χ0v) is 15.0. The molecule has 0 fully saturated rings. The van der Waals surface area contributed by atoms with Crippen LogP contribution in [0.25, 0.3) is 0 Å². The summed E-state index contributed by atoms with van der Waals surface area (Å²) in [4.78, 5) is 0. The minimum absolute atomic E-state index is 0.242. The van der Waals surface area contributed by atoms with Crippen LogP contribution in [0.15, 0.2) is 53.0 Å². The average Bonchev–Trinajstić information content (AvgIpc) is 2.40. The van der Waals surface area contributed by atoms with Crippen LogP contribution in [-0.4, -0.2) is 0 Å². The molecule has 0 aliphatic rings. The Hall–Kier alpha value is -0.990. The molecule has 1 nitrogen and oxygen atoms in total. The fourth-order valence-electron chi connectivity index (χ4n) is 2.34. The van der Waals surface area contributed by atoms with Gasteiger partial charge in [-0.2, -0.15) is 0 Å². The molecule has 0 radical (unpaired) electrons. The van der Waals surface area contributed by atoms with Crippen molar-refractivity contribution in [2.24, 2.45) is 5.41 Å². The van der Waals surface area contributed by atoms with Gasteiger partial charge in [0, 0.05) is 15.2 Å². The van der Waals surface area contributed by atoms with Gasteiger partial charge in [-0.25, -0.2) is 0 Å². The predicted molar refractivity (Wildman–Crippen MR) is 96.0 cm³/mol. The van der Waals surface area contributed by atoms with Gasteiger partial charge in [0.1, 0.15) is 0 Å². The van der Waals surface area contributed by atoms with Gasteiger partial charge in [-0.3, -0.25) is 0 Å². The minimum Gasteiger partial charge on any atom is -0.377 e. The Morgan fingerprint density at radius 1 is 1.10 bits per heavy atom. The van der Waals surface area contributed by atoms with Crippen LogP contribution in [0.3, 0.4) is 0 Å². The Morgan fingerprint density at radius 3 is 2.33 bits per heavy atom. The molecule has 112 valence electrons. The molecule has 0 spiro atoms. The number of hydrogen-bond acceptors (Lipinski definition) is 1. The van der Waals surface area contributed by atoms with Crippen LogP contribution in [0, 0.1) is 5.41 Å². The van der Waals surface area contributed by atoms with Gasteiger partial charge in [-0.1, -0.05) is 62.7 Å². The second-order valence-corrected chi connectivity index (χ2v) is 7.79. The highest BCUT2D eigenvalue weighted by Crippen LogP contribution is 2.35. The Balaban J connectivity index is 2.28. The third kappa shape index (κ3) is 5.05. The first-order valence-corrected chi connectivity index (χ1v) is 8.29. The predicted octanol–water partition coefficient (Wildman–Crippen LogP) is 6.69. The van der Waals surface area contributed by atoms with E-state index in [-0.39, 0.29) is 11.5 Å². The van der Waals surface area contributed by atoms with Crippen molar-refractivity contribution in [2.75, 3.05) is 5.32 Å². The van der Waals surface area contributed by atoms with Gasteiger partial charge < -0.3 is 5.32 Å². The molecule has 3 heteroatoms. The third-order valence-electron chi connectivity index (χ3n) is 3.28. The molecule has 0 saturated carbocycles. The van der Waals surface area contributed by atoms with Gasteiger partial charge in [-0.05, 0) is 51.5 Å². The van der Waals surface area contributed by atoms with E-state index in [2.05, 4.69) is 72.3 Å². The summed E-state index contributed by atoms with van der Waals surface area (Å²) >= 11 is 9.60. The molecule has 1 atom stereocenters. The topological polar surface area (TPSA) is 12.0 Å². The molecule has 2 aromatic carbocycles. The molecular weight excluding hydrogens is 346 g/mol. The van der Waals surface area contributed by atoms with Crippen molar-refractivity contribution in [1.82, 2.24) is 0 Å². The number of nitrogens with one attached hydrogen (secondary N) is 1. The van der Waals surface area contributed by atoms with Crippen LogP contribution in [0.5, 0.6) is 0 Å².